The van der Waals surface area contributed by atoms with Crippen LogP contribution in [0.1, 0.15) is 27.2 Å². The van der Waals surface area contributed by atoms with Gasteiger partial charge in [-0.15, -0.1) is 0 Å². The Labute approximate surface area is 162 Å². The molecule has 1 fully saturated rings. The molecule has 0 bridgehead atoms. The van der Waals surface area contributed by atoms with Crippen LogP contribution in [0.4, 0.5) is 5.69 Å². The number of ether oxygens (including phenoxy) is 1. The van der Waals surface area contributed by atoms with Gasteiger partial charge >= 0.3 is 0 Å². The molecule has 1 saturated heterocycles. The monoisotopic (exact) mass is 397 g/mol. The second-order valence-electron chi connectivity index (χ2n) is 7.71. The van der Waals surface area contributed by atoms with Crippen LogP contribution >= 0.6 is 0 Å². The number of amides is 1. The number of nitrogens with zero attached hydrogens (tertiary/aromatic N) is 2. The number of sulfonamides is 1. The maximum atomic E-state index is 12.8. The van der Waals surface area contributed by atoms with Crippen molar-refractivity contribution >= 4 is 21.6 Å². The molecule has 3 atom stereocenters. The summed E-state index contributed by atoms with van der Waals surface area (Å²) in [5.41, 5.74) is 0.565. The molecule has 0 saturated carbocycles. The molecule has 0 aromatic heterocycles. The number of rotatable bonds is 6. The molecule has 8 heteroatoms. The van der Waals surface area contributed by atoms with Gasteiger partial charge in [-0.05, 0) is 43.4 Å². The highest BCUT2D eigenvalue weighted by Crippen LogP contribution is 2.29. The van der Waals surface area contributed by atoms with Gasteiger partial charge in [0.25, 0.3) is 0 Å². The average molecular weight is 398 g/mol. The van der Waals surface area contributed by atoms with Gasteiger partial charge in [0.05, 0.1) is 7.11 Å². The summed E-state index contributed by atoms with van der Waals surface area (Å²) in [4.78, 5) is 14.8. The highest BCUT2D eigenvalue weighted by Gasteiger charge is 2.29. The largest absolute Gasteiger partial charge is 0.495 e. The lowest BCUT2D eigenvalue weighted by Gasteiger charge is -2.36. The van der Waals surface area contributed by atoms with E-state index in [0.717, 1.165) is 23.8 Å². The second kappa shape index (κ2) is 8.48. The Morgan fingerprint density at radius 1 is 1.26 bits per heavy atom. The van der Waals surface area contributed by atoms with Gasteiger partial charge in [-0.2, -0.15) is 0 Å². The first-order valence-electron chi connectivity index (χ1n) is 9.22. The SMILES string of the molecule is COc1ccc(N[C@H](C)C(=O)N2C[C@H](C)C[C@@H](C)C2)cc1S(=O)(=O)N(C)C. The van der Waals surface area contributed by atoms with Crippen molar-refractivity contribution in [3.05, 3.63) is 18.2 Å². The summed E-state index contributed by atoms with van der Waals surface area (Å²) in [6.07, 6.45) is 1.13. The predicted molar refractivity (Wildman–Crippen MR) is 106 cm³/mol. The number of hydrogen-bond donors (Lipinski definition) is 1. The molecule has 1 aromatic rings. The molecule has 7 nitrogen and oxygen atoms in total. The highest BCUT2D eigenvalue weighted by atomic mass is 32.2. The number of anilines is 1. The van der Waals surface area contributed by atoms with E-state index in [9.17, 15) is 13.2 Å². The summed E-state index contributed by atoms with van der Waals surface area (Å²) in [5.74, 6) is 1.28. The average Bonchev–Trinajstić information content (AvgIpc) is 2.59. The van der Waals surface area contributed by atoms with Crippen molar-refractivity contribution in [2.24, 2.45) is 11.8 Å². The van der Waals surface area contributed by atoms with Crippen molar-refractivity contribution in [1.29, 1.82) is 0 Å². The smallest absolute Gasteiger partial charge is 0.246 e. The lowest BCUT2D eigenvalue weighted by atomic mass is 9.91. The molecule has 1 aliphatic rings. The molecule has 0 unspecified atom stereocenters. The van der Waals surface area contributed by atoms with E-state index in [0.29, 0.717) is 17.5 Å². The fourth-order valence-corrected chi connectivity index (χ4v) is 4.67. The van der Waals surface area contributed by atoms with E-state index in [1.165, 1.54) is 27.3 Å². The van der Waals surface area contributed by atoms with Crippen LogP contribution in [0.2, 0.25) is 0 Å². The van der Waals surface area contributed by atoms with Crippen LogP contribution in [0.3, 0.4) is 0 Å². The lowest BCUT2D eigenvalue weighted by Crippen LogP contribution is -2.48. The number of methoxy groups -OCH3 is 1. The Morgan fingerprint density at radius 2 is 1.85 bits per heavy atom. The minimum atomic E-state index is -3.66. The first-order valence-corrected chi connectivity index (χ1v) is 10.7. The Bertz CT molecular complexity index is 769. The Morgan fingerprint density at radius 3 is 2.37 bits per heavy atom. The molecule has 0 aliphatic carbocycles. The second-order valence-corrected chi connectivity index (χ2v) is 9.83. The van der Waals surface area contributed by atoms with E-state index in [1.807, 2.05) is 4.90 Å². The topological polar surface area (TPSA) is 79.0 Å². The van der Waals surface area contributed by atoms with E-state index in [1.54, 1.807) is 19.1 Å². The molecule has 27 heavy (non-hydrogen) atoms. The summed E-state index contributed by atoms with van der Waals surface area (Å²) in [6, 6.07) is 4.38. The van der Waals surface area contributed by atoms with E-state index >= 15 is 0 Å². The molecule has 1 amide bonds. The van der Waals surface area contributed by atoms with Crippen molar-refractivity contribution in [1.82, 2.24) is 9.21 Å². The van der Waals surface area contributed by atoms with Crippen LogP contribution in [0.5, 0.6) is 5.75 Å². The van der Waals surface area contributed by atoms with Crippen LogP contribution < -0.4 is 10.1 Å². The van der Waals surface area contributed by atoms with Gasteiger partial charge < -0.3 is 15.0 Å². The molecule has 152 valence electrons. The zero-order chi connectivity index (χ0) is 20.4. The quantitative estimate of drug-likeness (QED) is 0.796. The van der Waals surface area contributed by atoms with Crippen molar-refractivity contribution in [2.45, 2.75) is 38.1 Å². The summed E-state index contributed by atoms with van der Waals surface area (Å²) < 4.78 is 31.4. The number of likely N-dealkylation sites (tertiary alicyclic amines) is 1. The number of benzene rings is 1. The standard InChI is InChI=1S/C19H31N3O4S/c1-13-9-14(2)12-22(11-13)19(23)15(3)20-16-7-8-17(26-6)18(10-16)27(24,25)21(4)5/h7-8,10,13-15,20H,9,11-12H2,1-6H3/t13-,14-,15-/m1/s1. The van der Waals surface area contributed by atoms with Crippen molar-refractivity contribution < 1.29 is 17.9 Å². The molecular weight excluding hydrogens is 366 g/mol. The minimum absolute atomic E-state index is 0.0289. The lowest BCUT2D eigenvalue weighted by molar-refractivity contribution is -0.134. The predicted octanol–water partition coefficient (Wildman–Crippen LogP) is 2.25. The summed E-state index contributed by atoms with van der Waals surface area (Å²) in [5, 5.41) is 3.14. The highest BCUT2D eigenvalue weighted by molar-refractivity contribution is 7.89. The third-order valence-electron chi connectivity index (χ3n) is 4.86. The van der Waals surface area contributed by atoms with Gasteiger partial charge in [-0.1, -0.05) is 13.8 Å². The van der Waals surface area contributed by atoms with Crippen molar-refractivity contribution in [3.63, 3.8) is 0 Å². The molecular formula is C19H31N3O4S. The van der Waals surface area contributed by atoms with Gasteiger partial charge in [-0.25, -0.2) is 12.7 Å². The summed E-state index contributed by atoms with van der Waals surface area (Å²) in [6.45, 7) is 7.65. The molecule has 1 heterocycles. The molecule has 0 radical (unpaired) electrons. The van der Waals surface area contributed by atoms with Gasteiger partial charge in [0.15, 0.2) is 0 Å². The third kappa shape index (κ3) is 4.93. The number of carbonyl (C=O) groups is 1. The maximum Gasteiger partial charge on any atom is 0.246 e. The van der Waals surface area contributed by atoms with E-state index in [4.69, 9.17) is 4.74 Å². The summed E-state index contributed by atoms with van der Waals surface area (Å²) in [7, 11) is 0.716. The molecule has 2 rings (SSSR count). The third-order valence-corrected chi connectivity index (χ3v) is 6.69. The number of piperidine rings is 1. The van der Waals surface area contributed by atoms with Crippen molar-refractivity contribution in [2.75, 3.05) is 39.6 Å². The van der Waals surface area contributed by atoms with Crippen LogP contribution in [0, 0.1) is 11.8 Å². The Kier molecular flexibility index (Phi) is 6.75. The van der Waals surface area contributed by atoms with Gasteiger partial charge in [-0.3, -0.25) is 4.79 Å². The fourth-order valence-electron chi connectivity index (χ4n) is 3.59. The molecule has 0 spiro atoms. The maximum absolute atomic E-state index is 12.8. The van der Waals surface area contributed by atoms with E-state index < -0.39 is 16.1 Å². The Balaban J connectivity index is 2.20. The fraction of sp³-hybridized carbons (Fsp3) is 0.632. The van der Waals surface area contributed by atoms with Crippen LogP contribution in [0.25, 0.3) is 0 Å². The van der Waals surface area contributed by atoms with E-state index in [-0.39, 0.29) is 16.6 Å². The number of nitrogens with one attached hydrogen (secondary N) is 1. The Hall–Kier alpha value is -1.80. The minimum Gasteiger partial charge on any atom is -0.495 e. The molecule has 1 aromatic carbocycles. The van der Waals surface area contributed by atoms with Crippen LogP contribution in [0.15, 0.2) is 23.1 Å². The summed E-state index contributed by atoms with van der Waals surface area (Å²) >= 11 is 0. The number of hydrogen-bond acceptors (Lipinski definition) is 5. The van der Waals surface area contributed by atoms with Crippen molar-refractivity contribution in [3.8, 4) is 5.75 Å². The first kappa shape index (κ1) is 21.5. The molecule has 1 aliphatic heterocycles. The normalized spacial score (nSPS) is 21.8. The van der Waals surface area contributed by atoms with Gasteiger partial charge in [0.2, 0.25) is 15.9 Å². The van der Waals surface area contributed by atoms with Gasteiger partial charge in [0, 0.05) is 32.9 Å². The number of carbonyl (C=O) groups excluding carboxylic acids is 1. The van der Waals surface area contributed by atoms with Crippen LogP contribution in [-0.2, 0) is 14.8 Å². The zero-order valence-electron chi connectivity index (χ0n) is 17.0. The molecule has 1 N–H and O–H groups in total. The van der Waals surface area contributed by atoms with Crippen LogP contribution in [-0.4, -0.2) is 63.9 Å². The van der Waals surface area contributed by atoms with Gasteiger partial charge in [0.1, 0.15) is 16.7 Å². The zero-order valence-corrected chi connectivity index (χ0v) is 17.8. The first-order chi connectivity index (χ1) is 12.6. The van der Waals surface area contributed by atoms with E-state index in [2.05, 4.69) is 19.2 Å².